The van der Waals surface area contributed by atoms with Gasteiger partial charge in [0.1, 0.15) is 11.7 Å². The van der Waals surface area contributed by atoms with E-state index in [2.05, 4.69) is 54.4 Å². The zero-order valence-corrected chi connectivity index (χ0v) is 22.4. The lowest BCUT2D eigenvalue weighted by atomic mass is 9.69. The molecular formula is C30H40ClFN2O2. The number of hydrogen-bond acceptors (Lipinski definition) is 2. The molecule has 3 aliphatic rings. The average Bonchev–Trinajstić information content (AvgIpc) is 3.21. The van der Waals surface area contributed by atoms with Crippen LogP contribution in [0.15, 0.2) is 48.5 Å². The Morgan fingerprint density at radius 1 is 1.17 bits per heavy atom. The standard InChI is InChI=1S/C30H39FN2O2.ClH/c1-3-21(4-2)27-17-24(22-9-6-5-7-10-22)13-15-33(27)29(34)25-18-32-19-30(25)20-35-16-14-23-11-8-12-26(31)28(23)30;/h5-12,21,24-25,27,32H,3-4,13-20H2,1-2H3;1H/t24-,25+,27+,30+;/m1./s1. The number of amides is 1. The highest BCUT2D eigenvalue weighted by molar-refractivity contribution is 5.82. The van der Waals surface area contributed by atoms with Gasteiger partial charge in [-0.05, 0) is 48.3 Å². The lowest BCUT2D eigenvalue weighted by Crippen LogP contribution is -3.00. The predicted molar refractivity (Wildman–Crippen MR) is 136 cm³/mol. The van der Waals surface area contributed by atoms with Crippen molar-refractivity contribution in [2.24, 2.45) is 11.8 Å². The Morgan fingerprint density at radius 3 is 2.69 bits per heavy atom. The van der Waals surface area contributed by atoms with Gasteiger partial charge in [-0.2, -0.15) is 0 Å². The molecule has 6 heteroatoms. The number of nitrogens with two attached hydrogens (primary N) is 1. The maximum Gasteiger partial charge on any atom is 0.232 e. The first-order valence-electron chi connectivity index (χ1n) is 13.6. The number of piperidine rings is 1. The third-order valence-electron chi connectivity index (χ3n) is 9.14. The molecule has 0 bridgehead atoms. The topological polar surface area (TPSA) is 46.2 Å². The highest BCUT2D eigenvalue weighted by atomic mass is 35.5. The Labute approximate surface area is 221 Å². The Morgan fingerprint density at radius 2 is 1.94 bits per heavy atom. The summed E-state index contributed by atoms with van der Waals surface area (Å²) in [7, 11) is 0. The summed E-state index contributed by atoms with van der Waals surface area (Å²) >= 11 is 0. The number of rotatable bonds is 5. The van der Waals surface area contributed by atoms with Crippen molar-refractivity contribution in [1.29, 1.82) is 0 Å². The summed E-state index contributed by atoms with van der Waals surface area (Å²) in [6.07, 6.45) is 4.82. The lowest BCUT2D eigenvalue weighted by molar-refractivity contribution is -0.640. The largest absolute Gasteiger partial charge is 1.00 e. The molecule has 2 aromatic rings. The second-order valence-corrected chi connectivity index (χ2v) is 10.8. The van der Waals surface area contributed by atoms with Crippen molar-refractivity contribution in [2.75, 3.05) is 32.8 Å². The normalized spacial score (nSPS) is 28.0. The molecule has 0 unspecified atom stereocenters. The predicted octanol–water partition coefficient (Wildman–Crippen LogP) is 1.04. The number of nitrogens with zero attached hydrogens (tertiary/aromatic N) is 1. The smallest absolute Gasteiger partial charge is 0.232 e. The minimum Gasteiger partial charge on any atom is -1.00 e. The molecule has 196 valence electrons. The number of halogens is 2. The molecule has 2 fully saturated rings. The summed E-state index contributed by atoms with van der Waals surface area (Å²) in [6.45, 7) is 7.67. The summed E-state index contributed by atoms with van der Waals surface area (Å²) in [6, 6.07) is 16.4. The van der Waals surface area contributed by atoms with Gasteiger partial charge in [-0.1, -0.05) is 69.2 Å². The Balaban J connectivity index is 0.00000304. The van der Waals surface area contributed by atoms with Gasteiger partial charge in [0.25, 0.3) is 0 Å². The van der Waals surface area contributed by atoms with Crippen LogP contribution in [-0.2, 0) is 21.4 Å². The number of carbonyl (C=O) groups excluding carboxylic acids is 1. The molecule has 0 saturated carbocycles. The highest BCUT2D eigenvalue weighted by Gasteiger charge is 2.56. The van der Waals surface area contributed by atoms with Crippen LogP contribution in [0.2, 0.25) is 0 Å². The van der Waals surface area contributed by atoms with Crippen LogP contribution in [0.25, 0.3) is 0 Å². The fraction of sp³-hybridized carbons (Fsp3) is 0.567. The van der Waals surface area contributed by atoms with Gasteiger partial charge in [0.15, 0.2) is 0 Å². The number of benzene rings is 2. The van der Waals surface area contributed by atoms with Crippen LogP contribution in [0, 0.1) is 17.7 Å². The highest BCUT2D eigenvalue weighted by Crippen LogP contribution is 2.43. The van der Waals surface area contributed by atoms with Crippen molar-refractivity contribution in [3.63, 3.8) is 0 Å². The molecule has 2 saturated heterocycles. The van der Waals surface area contributed by atoms with E-state index in [-0.39, 0.29) is 36.1 Å². The van der Waals surface area contributed by atoms with Gasteiger partial charge in [0.2, 0.25) is 5.91 Å². The minimum absolute atomic E-state index is 0. The molecule has 0 aromatic heterocycles. The molecule has 3 heterocycles. The van der Waals surface area contributed by atoms with E-state index in [9.17, 15) is 4.79 Å². The number of ether oxygens (including phenoxy) is 1. The molecule has 2 N–H and O–H groups in total. The lowest BCUT2D eigenvalue weighted by Gasteiger charge is -2.45. The molecule has 2 aromatic carbocycles. The van der Waals surface area contributed by atoms with Crippen LogP contribution in [0.4, 0.5) is 4.39 Å². The minimum atomic E-state index is -0.594. The van der Waals surface area contributed by atoms with Crippen LogP contribution in [0.3, 0.4) is 0 Å². The maximum absolute atomic E-state index is 15.4. The molecule has 0 radical (unpaired) electrons. The molecular weight excluding hydrogens is 475 g/mol. The van der Waals surface area contributed by atoms with E-state index in [4.69, 9.17) is 4.74 Å². The summed E-state index contributed by atoms with van der Waals surface area (Å²) in [5, 5.41) is 2.20. The first-order valence-corrected chi connectivity index (χ1v) is 13.6. The van der Waals surface area contributed by atoms with Crippen LogP contribution in [0.5, 0.6) is 0 Å². The molecule has 1 spiro atoms. The number of likely N-dealkylation sites (tertiary alicyclic amines) is 1. The van der Waals surface area contributed by atoms with Gasteiger partial charge in [0.05, 0.1) is 31.7 Å². The van der Waals surface area contributed by atoms with Crippen molar-refractivity contribution in [3.05, 3.63) is 71.0 Å². The summed E-state index contributed by atoms with van der Waals surface area (Å²) in [4.78, 5) is 16.6. The number of fused-ring (bicyclic) bond motifs is 2. The second kappa shape index (κ2) is 11.6. The van der Waals surface area contributed by atoms with Crippen LogP contribution >= 0.6 is 0 Å². The van der Waals surface area contributed by atoms with Crippen molar-refractivity contribution in [3.8, 4) is 0 Å². The Bertz CT molecular complexity index is 1030. The first kappa shape index (κ1) is 27.1. The van der Waals surface area contributed by atoms with E-state index < -0.39 is 5.41 Å². The average molecular weight is 515 g/mol. The monoisotopic (exact) mass is 514 g/mol. The summed E-state index contributed by atoms with van der Waals surface area (Å²) in [5.74, 6) is 0.721. The van der Waals surface area contributed by atoms with Crippen LogP contribution < -0.4 is 17.7 Å². The van der Waals surface area contributed by atoms with Crippen LogP contribution in [-0.4, -0.2) is 49.7 Å². The van der Waals surface area contributed by atoms with Crippen molar-refractivity contribution >= 4 is 5.91 Å². The Hall–Kier alpha value is -1.95. The summed E-state index contributed by atoms with van der Waals surface area (Å²) < 4.78 is 21.5. The van der Waals surface area contributed by atoms with Crippen molar-refractivity contribution < 1.29 is 31.6 Å². The molecule has 3 aliphatic heterocycles. The molecule has 0 aliphatic carbocycles. The third kappa shape index (κ3) is 4.82. The fourth-order valence-corrected chi connectivity index (χ4v) is 7.27. The Kier molecular flexibility index (Phi) is 8.75. The summed E-state index contributed by atoms with van der Waals surface area (Å²) in [5.41, 5.74) is 2.54. The van der Waals surface area contributed by atoms with Gasteiger partial charge in [-0.3, -0.25) is 4.79 Å². The van der Waals surface area contributed by atoms with Gasteiger partial charge >= 0.3 is 0 Å². The first-order chi connectivity index (χ1) is 17.1. The quantitative estimate of drug-likeness (QED) is 0.648. The SMILES string of the molecule is CCC(CC)[C@@H]1C[C@H](c2ccccc2)CCN1C(=O)[C@@H]1C[NH2+]C[C@]12COCCc1cccc(F)c12.[Cl-]. The van der Waals surface area contributed by atoms with Gasteiger partial charge in [-0.15, -0.1) is 0 Å². The molecule has 36 heavy (non-hydrogen) atoms. The number of quaternary nitrogens is 1. The van der Waals surface area contributed by atoms with Crippen molar-refractivity contribution in [1.82, 2.24) is 4.90 Å². The maximum atomic E-state index is 15.4. The molecule has 5 rings (SSSR count). The second-order valence-electron chi connectivity index (χ2n) is 10.8. The number of hydrogen-bond donors (Lipinski definition) is 1. The molecule has 1 amide bonds. The molecule has 4 atom stereocenters. The molecule has 4 nitrogen and oxygen atoms in total. The van der Waals surface area contributed by atoms with Gasteiger partial charge < -0.3 is 27.4 Å². The van der Waals surface area contributed by atoms with E-state index in [0.717, 1.165) is 43.4 Å². The van der Waals surface area contributed by atoms with Gasteiger partial charge in [0, 0.05) is 18.2 Å². The van der Waals surface area contributed by atoms with Crippen LogP contribution in [0.1, 0.15) is 62.1 Å². The zero-order chi connectivity index (χ0) is 24.4. The third-order valence-corrected chi connectivity index (χ3v) is 9.14. The van der Waals surface area contributed by atoms with E-state index in [0.29, 0.717) is 44.6 Å². The van der Waals surface area contributed by atoms with E-state index in [1.165, 1.54) is 5.56 Å². The van der Waals surface area contributed by atoms with E-state index in [1.807, 2.05) is 6.07 Å². The number of carbonyl (C=O) groups is 1. The van der Waals surface area contributed by atoms with E-state index >= 15 is 4.39 Å². The van der Waals surface area contributed by atoms with Crippen molar-refractivity contribution in [2.45, 2.75) is 63.3 Å². The fourth-order valence-electron chi connectivity index (χ4n) is 7.27. The zero-order valence-electron chi connectivity index (χ0n) is 21.6. The van der Waals surface area contributed by atoms with E-state index in [1.54, 1.807) is 12.1 Å². The van der Waals surface area contributed by atoms with Gasteiger partial charge in [-0.25, -0.2) is 4.39 Å².